The molecule has 57 heteroatoms. The predicted molar refractivity (Wildman–Crippen MR) is 670 cm³/mol. The average Bonchev–Trinajstić information content (AvgIpc) is 1.48. The summed E-state index contributed by atoms with van der Waals surface area (Å²) in [5.41, 5.74) is 10.4. The van der Waals surface area contributed by atoms with Crippen molar-refractivity contribution in [1.82, 2.24) is 29.4 Å². The number of carbonyl (C=O) groups is 6. The number of hydrogen-bond acceptors (Lipinski definition) is 22. The first-order valence-corrected chi connectivity index (χ1v) is 87.8. The van der Waals surface area contributed by atoms with E-state index >= 15 is 0 Å². The highest BCUT2D eigenvalue weighted by Crippen LogP contribution is 2.74. The number of sulfonamides is 3. The van der Waals surface area contributed by atoms with Crippen LogP contribution in [0.4, 0.5) is 17.1 Å². The molecule has 0 saturated carbocycles. The molecule has 3 aliphatic carbocycles. The van der Waals surface area contributed by atoms with Crippen LogP contribution in [0.25, 0.3) is 16.7 Å². The molecule has 14 aliphatic rings. The number of likely N-dealkylation sites (N-methyl/N-ethyl adjacent to an activating group) is 3. The SMILES string of the molecule is CN1C(=O)[C@@]2(S)C[C@]3(C4=CCc5ccccc54)c4ccccc4N(S(=O)(=O)c4ccccc4)[C@@H]3N2C(=O)[C@@H]1S.CN1C(=O)[C@@]23C[C@]4(C5=CCc6ccccc65)c5ccccc5N(S(=O)(=O)c5ccccc5)[C@@H]4N2C(=O)[C@@H]1SS3.CSS[C@H]1C(=O)N2[C@H]3N(S(=O)(=O)c4ccccc4)c4ccccc4[C@@]3(C3=CCc4ccccc43)C[C@]2(SSC)C(=O)N1C.S=S=S=S=S=S=S=S=S=S=S=S=S=S=S=S=S=S=S=S=S=S=S=S=S. The zero-order valence-corrected chi connectivity index (χ0v) is 105. The predicted octanol–water partition coefficient (Wildman–Crippen LogP) is 13.7. The van der Waals surface area contributed by atoms with Crippen molar-refractivity contribution < 1.29 is 54.0 Å². The van der Waals surface area contributed by atoms with E-state index in [9.17, 15) is 54.0 Å². The first-order valence-electron chi connectivity index (χ1n) is 43.1. The number of nitrogens with zero attached hydrogens (tertiary/aromatic N) is 9. The van der Waals surface area contributed by atoms with Crippen LogP contribution in [0.5, 0.6) is 0 Å². The molecule has 0 N–H and O–H groups in total. The van der Waals surface area contributed by atoms with E-state index in [2.05, 4.69) is 61.2 Å². The Balaban J connectivity index is 0.000000125. The molecule has 9 aromatic rings. The molecule has 146 heavy (non-hydrogen) atoms. The van der Waals surface area contributed by atoms with Gasteiger partial charge in [-0.3, -0.25) is 43.5 Å². The van der Waals surface area contributed by atoms with Crippen molar-refractivity contribution in [3.8, 4) is 0 Å². The number of rotatable bonds is 13. The van der Waals surface area contributed by atoms with Crippen LogP contribution < -0.4 is 12.9 Å². The van der Waals surface area contributed by atoms with E-state index in [-0.39, 0.29) is 57.1 Å². The maximum Gasteiger partial charge on any atom is 0.266 e. The monoisotopic (exact) mass is 2610 g/mol. The Morgan fingerprint density at radius 1 is 0.356 bits per heavy atom. The van der Waals surface area contributed by atoms with Crippen molar-refractivity contribution in [2.75, 3.05) is 46.6 Å². The molecule has 0 unspecified atom stereocenters. The third-order valence-corrected chi connectivity index (χ3v) is 89.8. The summed E-state index contributed by atoms with van der Waals surface area (Å²) < 4.78 is 91.8. The number of allylic oxidation sites excluding steroid dienone is 3. The van der Waals surface area contributed by atoms with Gasteiger partial charge in [0, 0.05) is 267 Å². The summed E-state index contributed by atoms with van der Waals surface area (Å²) in [6.45, 7) is 0. The van der Waals surface area contributed by atoms with Crippen LogP contribution >= 0.6 is 90.0 Å². The van der Waals surface area contributed by atoms with Gasteiger partial charge in [-0.25, -0.2) is 38.2 Å². The van der Waals surface area contributed by atoms with Gasteiger partial charge in [-0.15, -0.1) is 25.3 Å². The lowest BCUT2D eigenvalue weighted by atomic mass is 9.70. The third-order valence-electron chi connectivity index (χ3n) is 26.9. The number of benzene rings is 9. The molecule has 766 valence electrons. The minimum absolute atomic E-state index is 0.100. The van der Waals surface area contributed by atoms with Crippen molar-refractivity contribution in [1.29, 1.82) is 0 Å². The van der Waals surface area contributed by atoms with Crippen molar-refractivity contribution in [2.24, 2.45) is 0 Å². The van der Waals surface area contributed by atoms with Crippen LogP contribution in [-0.2, 0) is 321 Å². The highest BCUT2D eigenvalue weighted by atomic mass is 33.5. The molecule has 11 aliphatic heterocycles. The second-order valence-electron chi connectivity index (χ2n) is 33.5. The fourth-order valence-electron chi connectivity index (χ4n) is 21.7. The standard InChI is InChI=1S/C31H29N3O4S5.C29H23N3O4S3.C29H25N3O4S3.S25/c1-32-27(41-39-2)26(35)33-28-30(19-31(33,29(32)36)42-40-3,23-18-17-20-11-7-8-14-22(20)23)24-15-9-10-16-25(24)34(28)43(37,38)21-12-5-4-6-13-21;1-30-25-24(33)31-26-28(17-29(31,27(30)34)38-37-25,21-16-15-18-9-5-6-12-20(18)21)22-13-7-8-14-23(22)32(26)39(35,36)19-10-3-2-4-11-19;1-30-25(37)24(33)31-26-28(17-29(31,38)27(30)34,21-16-15-18-9-5-6-12-20(18)21)22-13-7-8-14-23(22)32(26)39(35,36)19-10-3-2-4-11-19;1-3-5-7-9-11-13-15-17-19-21-23-25-24-22-20-18-16-14-12-10-8-6-4-2/h4-16,18,27-28H,17,19H2,1-3H3;2-14,16,25-26H,15,17H2,1H3;2-14,16,25-26,37-38H,15,17H2,1H3;/t27-,28-,30-,31-;2*25-,26-,28-,29-;/m000./s1. The van der Waals surface area contributed by atoms with Crippen LogP contribution in [0.15, 0.2) is 270 Å². The van der Waals surface area contributed by atoms with Crippen LogP contribution in [0.2, 0.25) is 0 Å². The minimum atomic E-state index is -4.17. The van der Waals surface area contributed by atoms with E-state index in [1.807, 2.05) is 178 Å². The average molecular weight is 2620 g/mol. The zero-order chi connectivity index (χ0) is 102. The smallest absolute Gasteiger partial charge is 0.266 e. The molecule has 8 fully saturated rings. The Hall–Kier alpha value is -3.43. The lowest BCUT2D eigenvalue weighted by Gasteiger charge is -2.53. The molecule has 0 radical (unpaired) electrons. The molecule has 12 atom stereocenters. The molecule has 9 aromatic carbocycles. The second-order valence-corrected chi connectivity index (χ2v) is 88.6. The zero-order valence-electron chi connectivity index (χ0n) is 75.7. The van der Waals surface area contributed by atoms with E-state index in [4.69, 9.17) is 35.0 Å². The Bertz CT molecular complexity index is 8510. The van der Waals surface area contributed by atoms with Crippen LogP contribution in [0, 0.1) is 0 Å². The number of piperazine rings is 3. The van der Waals surface area contributed by atoms with Gasteiger partial charge in [0.1, 0.15) is 18.5 Å². The number of thiol groups is 2. The van der Waals surface area contributed by atoms with Crippen molar-refractivity contribution in [3.05, 3.63) is 305 Å². The number of anilines is 3. The van der Waals surface area contributed by atoms with Crippen molar-refractivity contribution >= 4 is 416 Å². The summed E-state index contributed by atoms with van der Waals surface area (Å²) in [7, 11) is 40.7. The lowest BCUT2D eigenvalue weighted by Crippen LogP contribution is -2.72. The highest BCUT2D eigenvalue weighted by Gasteiger charge is 2.80. The summed E-state index contributed by atoms with van der Waals surface area (Å²) in [5, 5.41) is -2.55. The Morgan fingerprint density at radius 2 is 0.692 bits per heavy atom. The lowest BCUT2D eigenvalue weighted by molar-refractivity contribution is -0.158. The van der Waals surface area contributed by atoms with Gasteiger partial charge in [0.2, 0.25) is 0 Å². The largest absolute Gasteiger partial charge is 0.322 e. The molecule has 2 bridgehead atoms. The fourth-order valence-corrected chi connectivity index (χ4v) is 93.0. The van der Waals surface area contributed by atoms with E-state index in [0.717, 1.165) is 66.8 Å². The van der Waals surface area contributed by atoms with E-state index in [1.165, 1.54) is 117 Å². The molecule has 21 nitrogen and oxygen atoms in total. The molecule has 8 saturated heterocycles. The van der Waals surface area contributed by atoms with E-state index in [0.29, 0.717) is 42.7 Å². The maximum atomic E-state index is 14.8. The van der Waals surface area contributed by atoms with Crippen LogP contribution in [-0.4, -0.2) is 173 Å². The van der Waals surface area contributed by atoms with E-state index in [1.54, 1.807) is 256 Å². The van der Waals surface area contributed by atoms with Crippen LogP contribution in [0.1, 0.15) is 69.3 Å². The Kier molecular flexibility index (Phi) is 35.5. The van der Waals surface area contributed by atoms with E-state index < -0.39 is 101 Å². The summed E-state index contributed by atoms with van der Waals surface area (Å²) in [6, 6.07) is 71.7. The van der Waals surface area contributed by atoms with Gasteiger partial charge in [0.25, 0.3) is 65.5 Å². The van der Waals surface area contributed by atoms with Gasteiger partial charge in [-0.1, -0.05) is 265 Å². The summed E-state index contributed by atoms with van der Waals surface area (Å²) in [4.78, 5) is 90.8. The van der Waals surface area contributed by atoms with Gasteiger partial charge < -0.3 is 14.7 Å². The van der Waals surface area contributed by atoms with Gasteiger partial charge in [-0.05, 0) is 153 Å². The van der Waals surface area contributed by atoms with Crippen LogP contribution in [0.3, 0.4) is 0 Å². The molecule has 1 spiro atoms. The number of para-hydroxylation sites is 3. The van der Waals surface area contributed by atoms with Crippen molar-refractivity contribution in [3.63, 3.8) is 0 Å². The minimum Gasteiger partial charge on any atom is -0.322 e. The number of hydrogen-bond donors (Lipinski definition) is 2. The molecule has 23 rings (SSSR count). The summed E-state index contributed by atoms with van der Waals surface area (Å²) in [6.07, 6.45) is 10.0. The number of amides is 6. The van der Waals surface area contributed by atoms with Gasteiger partial charge in [0.15, 0.2) is 30.7 Å². The Labute approximate surface area is 955 Å². The number of fused-ring (bicyclic) bond motifs is 18. The topological polar surface area (TPSA) is 234 Å². The summed E-state index contributed by atoms with van der Waals surface area (Å²) >= 11 is 19.0. The second kappa shape index (κ2) is 46.8. The van der Waals surface area contributed by atoms with Gasteiger partial charge in [0.05, 0.1) is 48.0 Å². The normalized spacial score (nSPS) is 25.3. The first-order chi connectivity index (χ1) is 70.6. The number of carbonyl (C=O) groups excluding carboxylic acids is 6. The highest BCUT2D eigenvalue weighted by molar-refractivity contribution is 8.80. The quantitative estimate of drug-likeness (QED) is 0.0806. The molecule has 6 amide bonds. The molecular formula is C89H77N9O12S36. The van der Waals surface area contributed by atoms with Gasteiger partial charge in [-0.2, -0.15) is 0 Å². The third kappa shape index (κ3) is 19.3. The Morgan fingerprint density at radius 3 is 1.07 bits per heavy atom. The maximum absolute atomic E-state index is 14.8. The van der Waals surface area contributed by atoms with Crippen molar-refractivity contribution in [2.45, 2.75) is 119 Å². The fraction of sp³-hybridized carbons (Fsp3) is 0.258. The summed E-state index contributed by atoms with van der Waals surface area (Å²) in [5.74, 6) is -1.67. The molecule has 0 aromatic heterocycles. The first kappa shape index (κ1) is 111. The molecule has 11 heterocycles. The molecular weight excluding hydrogens is 2540 g/mol. The van der Waals surface area contributed by atoms with Gasteiger partial charge >= 0.3 is 0 Å².